The van der Waals surface area contributed by atoms with E-state index in [2.05, 4.69) is 45.0 Å². The molecule has 4 nitrogen and oxygen atoms in total. The smallest absolute Gasteiger partial charge is 0.261 e. The van der Waals surface area contributed by atoms with Gasteiger partial charge in [0.05, 0.1) is 12.7 Å². The van der Waals surface area contributed by atoms with Crippen molar-refractivity contribution in [3.8, 4) is 0 Å². The predicted octanol–water partition coefficient (Wildman–Crippen LogP) is 1.87. The predicted molar refractivity (Wildman–Crippen MR) is 106 cm³/mol. The van der Waals surface area contributed by atoms with Crippen molar-refractivity contribution in [1.29, 1.82) is 0 Å². The van der Waals surface area contributed by atoms with E-state index < -0.39 is 20.5 Å². The lowest BCUT2D eigenvalue weighted by Crippen LogP contribution is -2.67. The molecule has 2 aromatic carbocycles. The van der Waals surface area contributed by atoms with Crippen LogP contribution >= 0.6 is 0 Å². The maximum Gasteiger partial charge on any atom is 0.261 e. The van der Waals surface area contributed by atoms with Crippen LogP contribution in [0.25, 0.3) is 0 Å². The molecule has 0 spiro atoms. The minimum atomic E-state index is -2.70. The molecule has 2 N–H and O–H groups in total. The molecule has 0 heterocycles. The lowest BCUT2D eigenvalue weighted by atomic mass is 10.2. The summed E-state index contributed by atoms with van der Waals surface area (Å²) >= 11 is 0. The van der Waals surface area contributed by atoms with E-state index >= 15 is 0 Å². The molecular formula is C21H28O4Si. The van der Waals surface area contributed by atoms with Crippen LogP contribution in [0.3, 0.4) is 0 Å². The number of hydrogen-bond donors (Lipinski definition) is 2. The summed E-state index contributed by atoms with van der Waals surface area (Å²) in [5.74, 6) is 0. The van der Waals surface area contributed by atoms with Crippen LogP contribution in [0.2, 0.25) is 5.04 Å². The fraction of sp³-hybridized carbons (Fsp3) is 0.381. The maximum absolute atomic E-state index is 10.7. The van der Waals surface area contributed by atoms with E-state index in [1.54, 1.807) is 0 Å². The summed E-state index contributed by atoms with van der Waals surface area (Å²) in [7, 11) is -2.70. The van der Waals surface area contributed by atoms with Crippen LogP contribution in [-0.4, -0.2) is 43.6 Å². The normalized spacial score (nSPS) is 14.7. The third-order valence-corrected chi connectivity index (χ3v) is 9.58. The van der Waals surface area contributed by atoms with Crippen LogP contribution in [0.5, 0.6) is 0 Å². The molecule has 2 atom stereocenters. The highest BCUT2D eigenvalue weighted by atomic mass is 28.4. The summed E-state index contributed by atoms with van der Waals surface area (Å²) in [6, 6.07) is 20.3. The number of rotatable bonds is 8. The molecule has 0 saturated carbocycles. The lowest BCUT2D eigenvalue weighted by molar-refractivity contribution is -0.116. The molecule has 140 valence electrons. The van der Waals surface area contributed by atoms with E-state index in [4.69, 9.17) is 4.43 Å². The van der Waals surface area contributed by atoms with Crippen molar-refractivity contribution >= 4 is 25.0 Å². The molecule has 0 saturated heterocycles. The van der Waals surface area contributed by atoms with Crippen molar-refractivity contribution in [1.82, 2.24) is 0 Å². The van der Waals surface area contributed by atoms with Crippen LogP contribution in [0.15, 0.2) is 60.7 Å². The quantitative estimate of drug-likeness (QED) is 0.548. The van der Waals surface area contributed by atoms with Crippen molar-refractivity contribution in [2.24, 2.45) is 0 Å². The summed E-state index contributed by atoms with van der Waals surface area (Å²) in [6.07, 6.45) is -1.67. The van der Waals surface area contributed by atoms with Gasteiger partial charge in [-0.3, -0.25) is 0 Å². The summed E-state index contributed by atoms with van der Waals surface area (Å²) in [4.78, 5) is 10.7. The molecule has 2 aromatic rings. The van der Waals surface area contributed by atoms with Gasteiger partial charge in [-0.25, -0.2) is 0 Å². The molecule has 2 rings (SSSR count). The minimum Gasteiger partial charge on any atom is -0.405 e. The van der Waals surface area contributed by atoms with Crippen molar-refractivity contribution in [2.75, 3.05) is 6.61 Å². The Labute approximate surface area is 156 Å². The topological polar surface area (TPSA) is 66.8 Å². The highest BCUT2D eigenvalue weighted by Gasteiger charge is 2.50. The molecule has 0 aliphatic carbocycles. The Balaban J connectivity index is 2.45. The van der Waals surface area contributed by atoms with Gasteiger partial charge < -0.3 is 19.4 Å². The second-order valence-corrected chi connectivity index (χ2v) is 11.9. The van der Waals surface area contributed by atoms with E-state index in [1.165, 1.54) is 0 Å². The Bertz CT molecular complexity index is 643. The third kappa shape index (κ3) is 4.48. The number of carbonyl (C=O) groups is 1. The fourth-order valence-electron chi connectivity index (χ4n) is 3.39. The first-order valence-electron chi connectivity index (χ1n) is 8.87. The van der Waals surface area contributed by atoms with Gasteiger partial charge in [0.25, 0.3) is 8.32 Å². The van der Waals surface area contributed by atoms with Crippen molar-refractivity contribution in [2.45, 2.75) is 44.4 Å². The molecule has 0 radical (unpaired) electrons. The van der Waals surface area contributed by atoms with Gasteiger partial charge in [0.15, 0.2) is 0 Å². The molecule has 0 amide bonds. The monoisotopic (exact) mass is 372 g/mol. The molecule has 5 heteroatoms. The molecular weight excluding hydrogens is 344 g/mol. The number of benzene rings is 2. The lowest BCUT2D eigenvalue weighted by Gasteiger charge is -2.43. The average Bonchev–Trinajstić information content (AvgIpc) is 2.62. The van der Waals surface area contributed by atoms with Gasteiger partial charge in [-0.05, 0) is 15.4 Å². The molecule has 0 aliphatic rings. The Morgan fingerprint density at radius 2 is 1.42 bits per heavy atom. The van der Waals surface area contributed by atoms with Crippen molar-refractivity contribution in [3.63, 3.8) is 0 Å². The highest BCUT2D eigenvalue weighted by molar-refractivity contribution is 6.99. The Morgan fingerprint density at radius 3 is 1.81 bits per heavy atom. The van der Waals surface area contributed by atoms with Gasteiger partial charge in [0.1, 0.15) is 12.4 Å². The van der Waals surface area contributed by atoms with E-state index in [9.17, 15) is 15.0 Å². The zero-order chi connectivity index (χ0) is 19.2. The minimum absolute atomic E-state index is 0.0261. The number of hydrogen-bond acceptors (Lipinski definition) is 4. The third-order valence-electron chi connectivity index (χ3n) is 4.58. The number of aldehydes is 1. The first-order chi connectivity index (χ1) is 12.3. The number of aliphatic hydroxyl groups is 2. The van der Waals surface area contributed by atoms with Gasteiger partial charge in [-0.15, -0.1) is 0 Å². The SMILES string of the molecule is CC(C)(C)[Si](OC[C@@H](O)C[C@H](O)C=O)(c1ccccc1)c1ccccc1. The fourth-order valence-corrected chi connectivity index (χ4v) is 7.98. The van der Waals surface area contributed by atoms with Crippen LogP contribution in [0.1, 0.15) is 27.2 Å². The average molecular weight is 373 g/mol. The molecule has 0 bridgehead atoms. The standard InChI is InChI=1S/C21H28O4Si/c1-21(2,3)26(19-10-6-4-7-11-19,20-12-8-5-9-13-20)25-16-18(24)14-17(23)15-22/h4-13,15,17-18,23-24H,14,16H2,1-3H3/t17-,18-/m0/s1. The van der Waals surface area contributed by atoms with E-state index in [1.807, 2.05) is 36.4 Å². The number of carbonyl (C=O) groups excluding carboxylic acids is 1. The first-order valence-corrected chi connectivity index (χ1v) is 10.8. The second kappa shape index (κ2) is 8.73. The van der Waals surface area contributed by atoms with Crippen molar-refractivity contribution < 1.29 is 19.4 Å². The summed E-state index contributed by atoms with van der Waals surface area (Å²) in [6.45, 7) is 6.54. The zero-order valence-electron chi connectivity index (χ0n) is 15.6. The zero-order valence-corrected chi connectivity index (χ0v) is 16.6. The van der Waals surface area contributed by atoms with Crippen LogP contribution in [0, 0.1) is 0 Å². The summed E-state index contributed by atoms with van der Waals surface area (Å²) in [5.41, 5.74) is 0. The van der Waals surface area contributed by atoms with Gasteiger partial charge in [0, 0.05) is 6.42 Å². The molecule has 26 heavy (non-hydrogen) atoms. The van der Waals surface area contributed by atoms with Crippen LogP contribution in [0.4, 0.5) is 0 Å². The number of aliphatic hydroxyl groups excluding tert-OH is 2. The van der Waals surface area contributed by atoms with Crippen LogP contribution in [-0.2, 0) is 9.22 Å². The molecule has 0 aliphatic heterocycles. The van der Waals surface area contributed by atoms with Crippen molar-refractivity contribution in [3.05, 3.63) is 60.7 Å². The Morgan fingerprint density at radius 1 is 0.962 bits per heavy atom. The first kappa shape index (κ1) is 20.5. The van der Waals surface area contributed by atoms with Gasteiger partial charge in [-0.1, -0.05) is 81.4 Å². The van der Waals surface area contributed by atoms with Crippen LogP contribution < -0.4 is 10.4 Å². The Hall–Kier alpha value is -1.79. The summed E-state index contributed by atoms with van der Waals surface area (Å²) < 4.78 is 6.54. The summed E-state index contributed by atoms with van der Waals surface area (Å²) in [5, 5.41) is 21.8. The highest BCUT2D eigenvalue weighted by Crippen LogP contribution is 2.36. The van der Waals surface area contributed by atoms with E-state index in [-0.39, 0.29) is 18.1 Å². The van der Waals surface area contributed by atoms with Gasteiger partial charge >= 0.3 is 0 Å². The second-order valence-electron chi connectivity index (χ2n) is 7.57. The Kier molecular flexibility index (Phi) is 6.89. The van der Waals surface area contributed by atoms with Gasteiger partial charge in [0.2, 0.25) is 0 Å². The molecule has 0 unspecified atom stereocenters. The van der Waals surface area contributed by atoms with E-state index in [0.717, 1.165) is 10.4 Å². The largest absolute Gasteiger partial charge is 0.405 e. The maximum atomic E-state index is 10.7. The van der Waals surface area contributed by atoms with E-state index in [0.29, 0.717) is 6.29 Å². The van der Waals surface area contributed by atoms with Gasteiger partial charge in [-0.2, -0.15) is 0 Å². The molecule has 0 aromatic heterocycles. The molecule has 0 fully saturated rings.